The van der Waals surface area contributed by atoms with Gasteiger partial charge in [-0.15, -0.1) is 0 Å². The number of rotatable bonds is 3. The molecular formula is C6H13OS. The third-order valence-electron chi connectivity index (χ3n) is 1.22. The van der Waals surface area contributed by atoms with Crippen LogP contribution in [-0.4, -0.2) is 15.6 Å². The predicted octanol–water partition coefficient (Wildman–Crippen LogP) is 1.37. The highest BCUT2D eigenvalue weighted by molar-refractivity contribution is 7.92. The van der Waals surface area contributed by atoms with Gasteiger partial charge < -0.3 is 4.55 Å². The van der Waals surface area contributed by atoms with E-state index < -0.39 is 11.2 Å². The van der Waals surface area contributed by atoms with Crippen molar-refractivity contribution in [2.45, 2.75) is 25.5 Å². The van der Waals surface area contributed by atoms with Crippen molar-refractivity contribution in [3.05, 3.63) is 6.92 Å². The van der Waals surface area contributed by atoms with E-state index in [4.69, 9.17) is 0 Å². The molecule has 0 aliphatic rings. The minimum absolute atomic E-state index is 0.326. The summed E-state index contributed by atoms with van der Waals surface area (Å²) in [5.41, 5.74) is 0. The lowest BCUT2D eigenvalue weighted by Gasteiger charge is -2.13. The zero-order chi connectivity index (χ0) is 6.57. The molecule has 0 amide bonds. The average molecular weight is 133 g/mol. The van der Waals surface area contributed by atoms with Gasteiger partial charge in [-0.25, -0.2) is 0 Å². The predicted molar refractivity (Wildman–Crippen MR) is 38.1 cm³/mol. The molecule has 2 unspecified atom stereocenters. The van der Waals surface area contributed by atoms with Crippen molar-refractivity contribution in [1.29, 1.82) is 0 Å². The summed E-state index contributed by atoms with van der Waals surface area (Å²) in [5, 5.41) is 0.326. The highest BCUT2D eigenvalue weighted by atomic mass is 32.2. The Hall–Kier alpha value is 0.310. The van der Waals surface area contributed by atoms with E-state index in [0.29, 0.717) is 11.0 Å². The molecule has 0 N–H and O–H groups in total. The Labute approximate surface area is 54.7 Å². The van der Waals surface area contributed by atoms with E-state index in [1.165, 1.54) is 0 Å². The first-order chi connectivity index (χ1) is 3.72. The number of hydrogen-bond donors (Lipinski definition) is 0. The van der Waals surface area contributed by atoms with Gasteiger partial charge in [0, 0.05) is 0 Å². The van der Waals surface area contributed by atoms with Crippen LogP contribution in [0.15, 0.2) is 0 Å². The van der Waals surface area contributed by atoms with Crippen LogP contribution >= 0.6 is 0 Å². The second kappa shape index (κ2) is 4.21. The van der Waals surface area contributed by atoms with Crippen LogP contribution in [0.25, 0.3) is 0 Å². The Morgan fingerprint density at radius 3 is 2.38 bits per heavy atom. The summed E-state index contributed by atoms with van der Waals surface area (Å²) in [6.45, 7) is 7.58. The summed E-state index contributed by atoms with van der Waals surface area (Å²) < 4.78 is 10.8. The summed E-state index contributed by atoms with van der Waals surface area (Å²) in [4.78, 5) is 0. The van der Waals surface area contributed by atoms with E-state index in [2.05, 4.69) is 6.92 Å². The standard InChI is InChI=1S/C6H13OS/c1-4-6(3)8(7)5-2/h6H,2,4-5H2,1,3H3. The zero-order valence-electron chi connectivity index (χ0n) is 5.52. The highest BCUT2D eigenvalue weighted by Gasteiger charge is 2.10. The van der Waals surface area contributed by atoms with Gasteiger partial charge in [0.25, 0.3) is 0 Å². The molecule has 0 heterocycles. The van der Waals surface area contributed by atoms with Crippen molar-refractivity contribution in [2.24, 2.45) is 0 Å². The Kier molecular flexibility index (Phi) is 4.38. The molecule has 0 aliphatic heterocycles. The minimum Gasteiger partial charge on any atom is -0.616 e. The van der Waals surface area contributed by atoms with E-state index in [-0.39, 0.29) is 0 Å². The van der Waals surface area contributed by atoms with E-state index in [9.17, 15) is 4.55 Å². The van der Waals surface area contributed by atoms with Crippen LogP contribution < -0.4 is 0 Å². The molecule has 0 fully saturated rings. The smallest absolute Gasteiger partial charge is 0.112 e. The summed E-state index contributed by atoms with van der Waals surface area (Å²) in [6.07, 6.45) is 0.988. The van der Waals surface area contributed by atoms with Gasteiger partial charge in [0.05, 0.1) is 0 Å². The third-order valence-corrected chi connectivity index (χ3v) is 2.86. The first-order valence-electron chi connectivity index (χ1n) is 2.88. The van der Waals surface area contributed by atoms with Gasteiger partial charge >= 0.3 is 0 Å². The van der Waals surface area contributed by atoms with Crippen LogP contribution in [0.5, 0.6) is 0 Å². The lowest BCUT2D eigenvalue weighted by Crippen LogP contribution is -2.18. The van der Waals surface area contributed by atoms with Crippen molar-refractivity contribution in [3.63, 3.8) is 0 Å². The lowest BCUT2D eigenvalue weighted by atomic mass is 10.4. The molecule has 0 aliphatic carbocycles. The molecule has 0 saturated carbocycles. The maximum Gasteiger partial charge on any atom is 0.112 e. The average Bonchev–Trinajstić information content (AvgIpc) is 1.84. The van der Waals surface area contributed by atoms with Gasteiger partial charge in [-0.3, -0.25) is 0 Å². The van der Waals surface area contributed by atoms with E-state index in [1.807, 2.05) is 13.8 Å². The molecule has 0 aromatic rings. The summed E-state index contributed by atoms with van der Waals surface area (Å²) in [6, 6.07) is 0. The van der Waals surface area contributed by atoms with Gasteiger partial charge in [-0.1, -0.05) is 18.1 Å². The Morgan fingerprint density at radius 1 is 1.75 bits per heavy atom. The Balaban J connectivity index is 3.29. The molecule has 2 atom stereocenters. The maximum atomic E-state index is 10.8. The summed E-state index contributed by atoms with van der Waals surface area (Å²) in [5.74, 6) is 0.551. The van der Waals surface area contributed by atoms with Crippen molar-refractivity contribution in [3.8, 4) is 0 Å². The van der Waals surface area contributed by atoms with E-state index in [1.54, 1.807) is 0 Å². The van der Waals surface area contributed by atoms with Crippen LogP contribution in [0.1, 0.15) is 20.3 Å². The molecule has 8 heavy (non-hydrogen) atoms. The molecule has 1 nitrogen and oxygen atoms in total. The van der Waals surface area contributed by atoms with Crippen molar-refractivity contribution in [1.82, 2.24) is 0 Å². The molecule has 0 spiro atoms. The zero-order valence-corrected chi connectivity index (χ0v) is 6.33. The molecule has 0 bridgehead atoms. The molecule has 0 aromatic heterocycles. The fraction of sp³-hybridized carbons (Fsp3) is 0.833. The molecule has 49 valence electrons. The second-order valence-electron chi connectivity index (χ2n) is 1.80. The summed E-state index contributed by atoms with van der Waals surface area (Å²) >= 11 is -0.683. The van der Waals surface area contributed by atoms with Crippen molar-refractivity contribution in [2.75, 3.05) is 5.75 Å². The van der Waals surface area contributed by atoms with Crippen LogP contribution in [0.4, 0.5) is 0 Å². The summed E-state index contributed by atoms with van der Waals surface area (Å²) in [7, 11) is 0. The van der Waals surface area contributed by atoms with Crippen molar-refractivity contribution >= 4 is 11.2 Å². The molecule has 0 saturated heterocycles. The van der Waals surface area contributed by atoms with E-state index in [0.717, 1.165) is 6.42 Å². The largest absolute Gasteiger partial charge is 0.616 e. The van der Waals surface area contributed by atoms with Gasteiger partial charge in [0.2, 0.25) is 0 Å². The first-order valence-corrected chi connectivity index (χ1v) is 4.27. The third kappa shape index (κ3) is 2.58. The highest BCUT2D eigenvalue weighted by Crippen LogP contribution is 2.04. The number of hydrogen-bond acceptors (Lipinski definition) is 1. The van der Waals surface area contributed by atoms with Crippen LogP contribution in [0.2, 0.25) is 0 Å². The molecule has 2 heteroatoms. The molecule has 1 radical (unpaired) electrons. The van der Waals surface area contributed by atoms with Gasteiger partial charge in [0.1, 0.15) is 11.0 Å². The Bertz CT molecular complexity index is 48.5. The van der Waals surface area contributed by atoms with Crippen LogP contribution in [0, 0.1) is 6.92 Å². The molecular weight excluding hydrogens is 120 g/mol. The molecule has 0 rings (SSSR count). The van der Waals surface area contributed by atoms with Gasteiger partial charge in [-0.05, 0) is 20.3 Å². The minimum atomic E-state index is -0.683. The fourth-order valence-electron chi connectivity index (χ4n) is 0.387. The van der Waals surface area contributed by atoms with Gasteiger partial charge in [0.15, 0.2) is 0 Å². The maximum absolute atomic E-state index is 10.8. The normalized spacial score (nSPS) is 18.0. The second-order valence-corrected chi connectivity index (χ2v) is 3.78. The Morgan fingerprint density at radius 2 is 2.25 bits per heavy atom. The van der Waals surface area contributed by atoms with Crippen LogP contribution in [-0.2, 0) is 11.2 Å². The topological polar surface area (TPSA) is 23.1 Å². The first kappa shape index (κ1) is 8.31. The SMILES string of the molecule is [CH2]C[S+]([O-])C(C)CC. The fourth-order valence-corrected chi connectivity index (χ4v) is 1.16. The molecule has 0 aromatic carbocycles. The monoisotopic (exact) mass is 133 g/mol. The van der Waals surface area contributed by atoms with Crippen LogP contribution in [0.3, 0.4) is 0 Å². The van der Waals surface area contributed by atoms with Crippen molar-refractivity contribution < 1.29 is 4.55 Å². The van der Waals surface area contributed by atoms with Gasteiger partial charge in [-0.2, -0.15) is 0 Å². The van der Waals surface area contributed by atoms with E-state index >= 15 is 0 Å². The quantitative estimate of drug-likeness (QED) is 0.533. The lowest BCUT2D eigenvalue weighted by molar-refractivity contribution is 0.583.